The maximum Gasteiger partial charge on any atom is 0.282 e. The summed E-state index contributed by atoms with van der Waals surface area (Å²) in [6.07, 6.45) is 0. The number of imide groups is 1. The van der Waals surface area contributed by atoms with E-state index in [4.69, 9.17) is 0 Å². The predicted molar refractivity (Wildman–Crippen MR) is 121 cm³/mol. The standard InChI is InChI=1S/C26H22F2N2O2/c1-26(2,3)17-6-14-21(15-7-17)30-24(31)22(16-4-8-18(27)9-5-16)23(25(30)32)29-20-12-10-19(28)11-13-20/h4-15,29H,1-3H3. The van der Waals surface area contributed by atoms with Crippen molar-refractivity contribution >= 4 is 28.8 Å². The van der Waals surface area contributed by atoms with Crippen LogP contribution in [0.25, 0.3) is 5.57 Å². The van der Waals surface area contributed by atoms with Crippen LogP contribution in [-0.4, -0.2) is 11.8 Å². The van der Waals surface area contributed by atoms with Crippen molar-refractivity contribution < 1.29 is 18.4 Å². The molecule has 3 aromatic carbocycles. The van der Waals surface area contributed by atoms with Crippen molar-refractivity contribution in [2.45, 2.75) is 26.2 Å². The van der Waals surface area contributed by atoms with Gasteiger partial charge in [-0.15, -0.1) is 0 Å². The number of rotatable bonds is 4. The molecule has 1 aliphatic rings. The molecule has 162 valence electrons. The van der Waals surface area contributed by atoms with Crippen LogP contribution in [0.4, 0.5) is 20.2 Å². The fourth-order valence-corrected chi connectivity index (χ4v) is 3.55. The third-order valence-electron chi connectivity index (χ3n) is 5.32. The molecule has 4 rings (SSSR count). The van der Waals surface area contributed by atoms with Gasteiger partial charge < -0.3 is 5.32 Å². The van der Waals surface area contributed by atoms with Gasteiger partial charge in [-0.25, -0.2) is 13.7 Å². The SMILES string of the molecule is CC(C)(C)c1ccc(N2C(=O)C(Nc3ccc(F)cc3)=C(c3ccc(F)cc3)C2=O)cc1. The Kier molecular flexibility index (Phi) is 5.38. The summed E-state index contributed by atoms with van der Waals surface area (Å²) in [6, 6.07) is 18.1. The number of amides is 2. The molecule has 0 saturated carbocycles. The Hall–Kier alpha value is -3.80. The highest BCUT2D eigenvalue weighted by Crippen LogP contribution is 2.35. The molecule has 0 fully saturated rings. The normalized spacial score (nSPS) is 14.3. The number of halogens is 2. The monoisotopic (exact) mass is 432 g/mol. The van der Waals surface area contributed by atoms with E-state index in [1.54, 1.807) is 12.1 Å². The number of carbonyl (C=O) groups excluding carboxylic acids is 2. The first-order valence-electron chi connectivity index (χ1n) is 10.2. The average Bonchev–Trinajstić information content (AvgIpc) is 2.99. The molecule has 6 heteroatoms. The molecule has 0 saturated heterocycles. The molecule has 32 heavy (non-hydrogen) atoms. The van der Waals surface area contributed by atoms with E-state index in [2.05, 4.69) is 26.1 Å². The van der Waals surface area contributed by atoms with Crippen LogP contribution < -0.4 is 10.2 Å². The third kappa shape index (κ3) is 4.04. The number of hydrogen-bond donors (Lipinski definition) is 1. The molecule has 0 aliphatic carbocycles. The van der Waals surface area contributed by atoms with E-state index in [0.717, 1.165) is 10.5 Å². The maximum atomic E-state index is 13.5. The topological polar surface area (TPSA) is 49.4 Å². The van der Waals surface area contributed by atoms with E-state index in [1.807, 2.05) is 12.1 Å². The second kappa shape index (κ2) is 8.04. The van der Waals surface area contributed by atoms with Crippen molar-refractivity contribution in [1.29, 1.82) is 0 Å². The van der Waals surface area contributed by atoms with Gasteiger partial charge in [0.2, 0.25) is 0 Å². The van der Waals surface area contributed by atoms with Gasteiger partial charge in [0.25, 0.3) is 11.8 Å². The summed E-state index contributed by atoms with van der Waals surface area (Å²) < 4.78 is 26.8. The molecule has 3 aromatic rings. The summed E-state index contributed by atoms with van der Waals surface area (Å²) in [4.78, 5) is 27.8. The molecule has 0 bridgehead atoms. The average molecular weight is 432 g/mol. The van der Waals surface area contributed by atoms with Crippen LogP contribution in [0, 0.1) is 11.6 Å². The Bertz CT molecular complexity index is 1210. The minimum atomic E-state index is -0.540. The summed E-state index contributed by atoms with van der Waals surface area (Å²) in [5.41, 5.74) is 2.45. The van der Waals surface area contributed by atoms with Crippen molar-refractivity contribution in [1.82, 2.24) is 0 Å². The smallest absolute Gasteiger partial charge is 0.282 e. The summed E-state index contributed by atoms with van der Waals surface area (Å²) in [5, 5.41) is 2.95. The first-order valence-corrected chi connectivity index (χ1v) is 10.2. The van der Waals surface area contributed by atoms with Gasteiger partial charge in [-0.3, -0.25) is 9.59 Å². The Morgan fingerprint density at radius 1 is 0.719 bits per heavy atom. The molecular weight excluding hydrogens is 410 g/mol. The van der Waals surface area contributed by atoms with Crippen molar-refractivity contribution in [3.05, 3.63) is 101 Å². The molecule has 0 radical (unpaired) electrons. The van der Waals surface area contributed by atoms with Crippen LogP contribution in [0.2, 0.25) is 0 Å². The molecule has 2 amide bonds. The van der Waals surface area contributed by atoms with E-state index in [1.165, 1.54) is 48.5 Å². The fourth-order valence-electron chi connectivity index (χ4n) is 3.55. The lowest BCUT2D eigenvalue weighted by Crippen LogP contribution is -2.32. The molecule has 1 aliphatic heterocycles. The van der Waals surface area contributed by atoms with E-state index in [0.29, 0.717) is 16.9 Å². The first kappa shape index (κ1) is 21.4. The lowest BCUT2D eigenvalue weighted by atomic mass is 9.87. The van der Waals surface area contributed by atoms with Crippen LogP contribution in [-0.2, 0) is 15.0 Å². The van der Waals surface area contributed by atoms with Gasteiger partial charge in [0.1, 0.15) is 17.3 Å². The minimum absolute atomic E-state index is 0.0492. The maximum absolute atomic E-state index is 13.5. The van der Waals surface area contributed by atoms with Gasteiger partial charge in [0, 0.05) is 5.69 Å². The van der Waals surface area contributed by atoms with Crippen molar-refractivity contribution in [3.8, 4) is 0 Å². The molecule has 0 atom stereocenters. The molecule has 1 N–H and O–H groups in total. The quantitative estimate of drug-likeness (QED) is 0.542. The highest BCUT2D eigenvalue weighted by molar-refractivity contribution is 6.46. The van der Waals surface area contributed by atoms with Crippen LogP contribution >= 0.6 is 0 Å². The largest absolute Gasteiger partial charge is 0.350 e. The van der Waals surface area contributed by atoms with E-state index in [-0.39, 0.29) is 16.7 Å². The lowest BCUT2D eigenvalue weighted by Gasteiger charge is -2.21. The fraction of sp³-hybridized carbons (Fsp3) is 0.154. The highest BCUT2D eigenvalue weighted by Gasteiger charge is 2.40. The molecular formula is C26H22F2N2O2. The second-order valence-electron chi connectivity index (χ2n) is 8.63. The molecule has 1 heterocycles. The third-order valence-corrected chi connectivity index (χ3v) is 5.32. The highest BCUT2D eigenvalue weighted by atomic mass is 19.1. The van der Waals surface area contributed by atoms with Crippen LogP contribution in [0.15, 0.2) is 78.5 Å². The number of nitrogens with one attached hydrogen (secondary N) is 1. The summed E-state index contributed by atoms with van der Waals surface area (Å²) in [6.45, 7) is 6.23. The molecule has 0 spiro atoms. The van der Waals surface area contributed by atoms with Gasteiger partial charge >= 0.3 is 0 Å². The van der Waals surface area contributed by atoms with Gasteiger partial charge in [0.05, 0.1) is 11.3 Å². The van der Waals surface area contributed by atoms with Gasteiger partial charge in [-0.1, -0.05) is 45.0 Å². The number of benzene rings is 3. The first-order chi connectivity index (χ1) is 15.1. The van der Waals surface area contributed by atoms with Gasteiger partial charge in [-0.05, 0) is 65.1 Å². The Labute approximate surface area is 185 Å². The number of carbonyl (C=O) groups is 2. The van der Waals surface area contributed by atoms with Crippen LogP contribution in [0.3, 0.4) is 0 Å². The Morgan fingerprint density at radius 2 is 1.25 bits per heavy atom. The second-order valence-corrected chi connectivity index (χ2v) is 8.63. The van der Waals surface area contributed by atoms with Crippen molar-refractivity contribution in [2.24, 2.45) is 0 Å². The zero-order valence-corrected chi connectivity index (χ0v) is 17.9. The molecule has 0 aromatic heterocycles. The van der Waals surface area contributed by atoms with E-state index in [9.17, 15) is 18.4 Å². The summed E-state index contributed by atoms with van der Waals surface area (Å²) in [5.74, 6) is -1.93. The molecule has 0 unspecified atom stereocenters. The van der Waals surface area contributed by atoms with Crippen LogP contribution in [0.1, 0.15) is 31.9 Å². The lowest BCUT2D eigenvalue weighted by molar-refractivity contribution is -0.120. The van der Waals surface area contributed by atoms with Gasteiger partial charge in [0.15, 0.2) is 0 Å². The minimum Gasteiger partial charge on any atom is -0.350 e. The molecule has 4 nitrogen and oxygen atoms in total. The van der Waals surface area contributed by atoms with Gasteiger partial charge in [-0.2, -0.15) is 0 Å². The number of anilines is 2. The summed E-state index contributed by atoms with van der Waals surface area (Å²) >= 11 is 0. The zero-order chi connectivity index (χ0) is 23.0. The van der Waals surface area contributed by atoms with Crippen molar-refractivity contribution in [3.63, 3.8) is 0 Å². The van der Waals surface area contributed by atoms with Crippen LogP contribution in [0.5, 0.6) is 0 Å². The predicted octanol–water partition coefficient (Wildman–Crippen LogP) is 5.66. The van der Waals surface area contributed by atoms with E-state index < -0.39 is 23.4 Å². The van der Waals surface area contributed by atoms with Crippen molar-refractivity contribution in [2.75, 3.05) is 10.2 Å². The number of hydrogen-bond acceptors (Lipinski definition) is 3. The zero-order valence-electron chi connectivity index (χ0n) is 17.9. The summed E-state index contributed by atoms with van der Waals surface area (Å²) in [7, 11) is 0. The Balaban J connectivity index is 1.77. The number of nitrogens with zero attached hydrogens (tertiary/aromatic N) is 1. The van der Waals surface area contributed by atoms with E-state index >= 15 is 0 Å². The Morgan fingerprint density at radius 3 is 1.78 bits per heavy atom.